The lowest BCUT2D eigenvalue weighted by Gasteiger charge is -2.15. The number of hydrogen-bond donors (Lipinski definition) is 1. The standard InChI is InChI=1S/C11H13NO3/c1-2-8-15-11(13)9-12(14)10-6-4-3-5-7-10/h2-7,14H,1,8-9H2. The van der Waals surface area contributed by atoms with Crippen molar-refractivity contribution in [2.45, 2.75) is 0 Å². The highest BCUT2D eigenvalue weighted by molar-refractivity contribution is 5.75. The number of benzene rings is 1. The van der Waals surface area contributed by atoms with Crippen LogP contribution in [-0.2, 0) is 9.53 Å². The number of nitrogens with zero attached hydrogens (tertiary/aromatic N) is 1. The van der Waals surface area contributed by atoms with Crippen molar-refractivity contribution in [3.8, 4) is 0 Å². The largest absolute Gasteiger partial charge is 0.460 e. The number of hydroxylamine groups is 1. The van der Waals surface area contributed by atoms with Gasteiger partial charge in [0.15, 0.2) is 0 Å². The minimum atomic E-state index is -0.499. The van der Waals surface area contributed by atoms with Crippen LogP contribution in [0.1, 0.15) is 0 Å². The molecule has 0 unspecified atom stereocenters. The number of carbonyl (C=O) groups is 1. The molecule has 0 atom stereocenters. The number of ether oxygens (including phenoxy) is 1. The van der Waals surface area contributed by atoms with Crippen LogP contribution in [0.15, 0.2) is 43.0 Å². The molecule has 0 amide bonds. The van der Waals surface area contributed by atoms with Crippen LogP contribution < -0.4 is 5.06 Å². The topological polar surface area (TPSA) is 49.8 Å². The molecule has 1 aromatic carbocycles. The van der Waals surface area contributed by atoms with Gasteiger partial charge in [-0.2, -0.15) is 0 Å². The maximum atomic E-state index is 11.1. The SMILES string of the molecule is C=CCOC(=O)CN(O)c1ccccc1. The Labute approximate surface area is 88.3 Å². The molecule has 0 radical (unpaired) electrons. The van der Waals surface area contributed by atoms with Gasteiger partial charge >= 0.3 is 5.97 Å². The van der Waals surface area contributed by atoms with Crippen LogP contribution in [0.4, 0.5) is 5.69 Å². The Morgan fingerprint density at radius 1 is 1.47 bits per heavy atom. The third kappa shape index (κ3) is 3.83. The fraction of sp³-hybridized carbons (Fsp3) is 0.182. The van der Waals surface area contributed by atoms with Gasteiger partial charge in [-0.1, -0.05) is 30.9 Å². The fourth-order valence-corrected chi connectivity index (χ4v) is 1.01. The number of anilines is 1. The third-order valence-corrected chi connectivity index (χ3v) is 1.70. The molecule has 0 bridgehead atoms. The summed E-state index contributed by atoms with van der Waals surface area (Å²) in [5, 5.41) is 10.3. The van der Waals surface area contributed by atoms with Gasteiger partial charge in [-0.05, 0) is 12.1 Å². The van der Waals surface area contributed by atoms with Crippen molar-refractivity contribution in [3.63, 3.8) is 0 Å². The van der Waals surface area contributed by atoms with E-state index in [9.17, 15) is 10.0 Å². The Kier molecular flexibility index (Phi) is 4.37. The molecule has 1 N–H and O–H groups in total. The Hall–Kier alpha value is -1.81. The van der Waals surface area contributed by atoms with Crippen LogP contribution in [0, 0.1) is 0 Å². The minimum absolute atomic E-state index is 0.154. The molecule has 0 spiro atoms. The van der Waals surface area contributed by atoms with Gasteiger partial charge in [0, 0.05) is 0 Å². The van der Waals surface area contributed by atoms with Crippen LogP contribution in [0.25, 0.3) is 0 Å². The zero-order valence-electron chi connectivity index (χ0n) is 8.30. The van der Waals surface area contributed by atoms with Gasteiger partial charge in [0.2, 0.25) is 0 Å². The number of hydrogen-bond acceptors (Lipinski definition) is 4. The number of para-hydroxylation sites is 1. The average molecular weight is 207 g/mol. The van der Waals surface area contributed by atoms with Crippen molar-refractivity contribution in [1.29, 1.82) is 0 Å². The van der Waals surface area contributed by atoms with Crippen molar-refractivity contribution in [2.75, 3.05) is 18.2 Å². The predicted octanol–water partition coefficient (Wildman–Crippen LogP) is 1.61. The molecule has 0 aliphatic rings. The van der Waals surface area contributed by atoms with Crippen molar-refractivity contribution < 1.29 is 14.7 Å². The predicted molar refractivity (Wildman–Crippen MR) is 56.7 cm³/mol. The second-order valence-corrected chi connectivity index (χ2v) is 2.86. The second kappa shape index (κ2) is 5.82. The van der Waals surface area contributed by atoms with Gasteiger partial charge in [-0.3, -0.25) is 10.0 Å². The summed E-state index contributed by atoms with van der Waals surface area (Å²) in [4.78, 5) is 11.1. The lowest BCUT2D eigenvalue weighted by Crippen LogP contribution is -2.27. The van der Waals surface area contributed by atoms with Crippen molar-refractivity contribution in [1.82, 2.24) is 0 Å². The monoisotopic (exact) mass is 207 g/mol. The van der Waals surface area contributed by atoms with E-state index in [-0.39, 0.29) is 13.2 Å². The maximum Gasteiger partial charge on any atom is 0.328 e. The molecular weight excluding hydrogens is 194 g/mol. The quantitative estimate of drug-likeness (QED) is 0.452. The molecule has 0 aliphatic carbocycles. The minimum Gasteiger partial charge on any atom is -0.460 e. The zero-order valence-corrected chi connectivity index (χ0v) is 8.30. The van der Waals surface area contributed by atoms with E-state index in [0.717, 1.165) is 5.06 Å². The van der Waals surface area contributed by atoms with E-state index in [1.165, 1.54) is 6.08 Å². The highest BCUT2D eigenvalue weighted by Gasteiger charge is 2.08. The molecule has 0 saturated carbocycles. The summed E-state index contributed by atoms with van der Waals surface area (Å²) >= 11 is 0. The summed E-state index contributed by atoms with van der Waals surface area (Å²) in [6.07, 6.45) is 1.47. The van der Waals surface area contributed by atoms with Gasteiger partial charge < -0.3 is 4.74 Å². The first-order valence-corrected chi connectivity index (χ1v) is 4.52. The number of esters is 1. The Morgan fingerprint density at radius 2 is 2.13 bits per heavy atom. The van der Waals surface area contributed by atoms with E-state index in [2.05, 4.69) is 6.58 Å². The number of carbonyl (C=O) groups excluding carboxylic acids is 1. The van der Waals surface area contributed by atoms with E-state index in [4.69, 9.17) is 4.74 Å². The van der Waals surface area contributed by atoms with E-state index >= 15 is 0 Å². The summed E-state index contributed by atoms with van der Waals surface area (Å²) in [5.74, 6) is -0.499. The Balaban J connectivity index is 2.45. The summed E-state index contributed by atoms with van der Waals surface area (Å²) in [5.41, 5.74) is 0.549. The molecule has 0 fully saturated rings. The lowest BCUT2D eigenvalue weighted by molar-refractivity contribution is -0.141. The van der Waals surface area contributed by atoms with E-state index in [0.29, 0.717) is 5.69 Å². The van der Waals surface area contributed by atoms with Gasteiger partial charge in [-0.25, -0.2) is 5.06 Å². The molecule has 4 heteroatoms. The van der Waals surface area contributed by atoms with Gasteiger partial charge in [0.1, 0.15) is 13.2 Å². The molecule has 1 rings (SSSR count). The van der Waals surface area contributed by atoms with Gasteiger partial charge in [-0.15, -0.1) is 0 Å². The summed E-state index contributed by atoms with van der Waals surface area (Å²) in [6.45, 7) is 3.37. The number of rotatable bonds is 5. The molecule has 15 heavy (non-hydrogen) atoms. The van der Waals surface area contributed by atoms with Crippen LogP contribution >= 0.6 is 0 Å². The van der Waals surface area contributed by atoms with E-state index in [1.54, 1.807) is 24.3 Å². The van der Waals surface area contributed by atoms with E-state index < -0.39 is 5.97 Å². The van der Waals surface area contributed by atoms with Crippen molar-refractivity contribution in [2.24, 2.45) is 0 Å². The normalized spacial score (nSPS) is 9.40. The molecular formula is C11H13NO3. The molecule has 0 saturated heterocycles. The Morgan fingerprint density at radius 3 is 2.73 bits per heavy atom. The Bertz CT molecular complexity index is 324. The van der Waals surface area contributed by atoms with E-state index in [1.807, 2.05) is 6.07 Å². The maximum absolute atomic E-state index is 11.1. The summed E-state index contributed by atoms with van der Waals surface area (Å²) < 4.78 is 4.72. The highest BCUT2D eigenvalue weighted by atomic mass is 16.5. The van der Waals surface area contributed by atoms with Crippen molar-refractivity contribution in [3.05, 3.63) is 43.0 Å². The van der Waals surface area contributed by atoms with Gasteiger partial charge in [0.05, 0.1) is 5.69 Å². The first kappa shape index (κ1) is 11.3. The third-order valence-electron chi connectivity index (χ3n) is 1.70. The molecule has 0 heterocycles. The van der Waals surface area contributed by atoms with Gasteiger partial charge in [0.25, 0.3) is 0 Å². The second-order valence-electron chi connectivity index (χ2n) is 2.86. The summed E-state index contributed by atoms with van der Waals surface area (Å²) in [7, 11) is 0. The molecule has 0 aromatic heterocycles. The van der Waals surface area contributed by atoms with Crippen LogP contribution in [-0.4, -0.2) is 24.3 Å². The first-order chi connectivity index (χ1) is 7.24. The average Bonchev–Trinajstić information content (AvgIpc) is 2.27. The molecule has 4 nitrogen and oxygen atoms in total. The highest BCUT2D eigenvalue weighted by Crippen LogP contribution is 2.09. The molecule has 1 aromatic rings. The lowest BCUT2D eigenvalue weighted by atomic mass is 10.3. The summed E-state index contributed by atoms with van der Waals surface area (Å²) in [6, 6.07) is 8.76. The van der Waals surface area contributed by atoms with Crippen LogP contribution in [0.5, 0.6) is 0 Å². The molecule has 80 valence electrons. The first-order valence-electron chi connectivity index (χ1n) is 4.52. The fourth-order valence-electron chi connectivity index (χ4n) is 1.01. The molecule has 0 aliphatic heterocycles. The van der Waals surface area contributed by atoms with Crippen LogP contribution in [0.3, 0.4) is 0 Å². The van der Waals surface area contributed by atoms with Crippen molar-refractivity contribution >= 4 is 11.7 Å². The smallest absolute Gasteiger partial charge is 0.328 e. The van der Waals surface area contributed by atoms with Crippen LogP contribution in [0.2, 0.25) is 0 Å². The zero-order chi connectivity index (χ0) is 11.1.